The third kappa shape index (κ3) is 8.51. The molecule has 10 nitrogen and oxygen atoms in total. The van der Waals surface area contributed by atoms with Crippen molar-refractivity contribution in [3.8, 4) is 0 Å². The predicted molar refractivity (Wildman–Crippen MR) is 148 cm³/mol. The lowest BCUT2D eigenvalue weighted by atomic mass is 9.86. The second-order valence-corrected chi connectivity index (χ2v) is 11.0. The Morgan fingerprint density at radius 1 is 0.875 bits per heavy atom. The highest BCUT2D eigenvalue weighted by molar-refractivity contribution is 6.10. The Labute approximate surface area is 237 Å². The van der Waals surface area contributed by atoms with E-state index in [2.05, 4.69) is 26.1 Å². The average Bonchev–Trinajstić information content (AvgIpc) is 2.91. The van der Waals surface area contributed by atoms with Gasteiger partial charge in [-0.1, -0.05) is 39.3 Å². The molecule has 1 N–H and O–H groups in total. The number of carbonyl (C=O) groups is 4. The van der Waals surface area contributed by atoms with Crippen LogP contribution in [-0.4, -0.2) is 68.2 Å². The summed E-state index contributed by atoms with van der Waals surface area (Å²) in [6.07, 6.45) is 1.66. The fourth-order valence-electron chi connectivity index (χ4n) is 4.36. The second-order valence-electron chi connectivity index (χ2n) is 11.0. The Morgan fingerprint density at radius 3 is 1.88 bits per heavy atom. The first-order valence-electron chi connectivity index (χ1n) is 14.1. The van der Waals surface area contributed by atoms with Crippen molar-refractivity contribution in [2.75, 3.05) is 33.0 Å². The molecule has 0 spiro atoms. The molecule has 224 valence electrons. The summed E-state index contributed by atoms with van der Waals surface area (Å²) in [5.74, 6) is -4.27. The van der Waals surface area contributed by atoms with Crippen molar-refractivity contribution in [1.29, 1.82) is 0 Å². The molecule has 1 aliphatic rings. The Hall–Kier alpha value is -2.98. The molecule has 1 fully saturated rings. The number of benzene rings is 1. The van der Waals surface area contributed by atoms with E-state index in [-0.39, 0.29) is 37.6 Å². The van der Waals surface area contributed by atoms with E-state index in [1.54, 1.807) is 32.9 Å². The van der Waals surface area contributed by atoms with Crippen LogP contribution in [0.1, 0.15) is 90.1 Å². The van der Waals surface area contributed by atoms with Gasteiger partial charge in [0.2, 0.25) is 5.54 Å². The molecule has 0 saturated carbocycles. The van der Waals surface area contributed by atoms with Crippen LogP contribution in [0.3, 0.4) is 0 Å². The maximum Gasteiger partial charge on any atom is 0.366 e. The van der Waals surface area contributed by atoms with Gasteiger partial charge in [0.1, 0.15) is 0 Å². The summed E-state index contributed by atoms with van der Waals surface area (Å²) in [4.78, 5) is 51.8. The lowest BCUT2D eigenvalue weighted by molar-refractivity contribution is -0.274. The predicted octanol–water partition coefficient (Wildman–Crippen LogP) is 4.08. The molecule has 0 radical (unpaired) electrons. The van der Waals surface area contributed by atoms with Crippen LogP contribution in [0.2, 0.25) is 0 Å². The molecule has 1 heterocycles. The summed E-state index contributed by atoms with van der Waals surface area (Å²) in [6.45, 7) is 13.6. The first kappa shape index (κ1) is 33.2. The zero-order chi connectivity index (χ0) is 30.0. The van der Waals surface area contributed by atoms with Crippen LogP contribution >= 0.6 is 0 Å². The number of ether oxygens (including phenoxy) is 5. The summed E-state index contributed by atoms with van der Waals surface area (Å²) >= 11 is 0. The van der Waals surface area contributed by atoms with Gasteiger partial charge in [0, 0.05) is 18.4 Å². The third-order valence-electron chi connectivity index (χ3n) is 6.84. The standard InChI is InChI=1S/C30H45NO9/c1-8-36-25(33)29(7)39-19-21(20-40-29)13-11-12-18-30(26(34)37-9-2,27(35)38-10-3)31-24(32)22-14-16-23(17-15-22)28(4,5)6/h14-17,21H,8-13,18-20H2,1-7H3,(H,31,32)/t21-,29+. The number of hydrogen-bond donors (Lipinski definition) is 1. The van der Waals surface area contributed by atoms with E-state index in [4.69, 9.17) is 23.7 Å². The highest BCUT2D eigenvalue weighted by atomic mass is 16.7. The number of amides is 1. The van der Waals surface area contributed by atoms with E-state index < -0.39 is 35.1 Å². The summed E-state index contributed by atoms with van der Waals surface area (Å²) in [7, 11) is 0. The molecule has 2 rings (SSSR count). The summed E-state index contributed by atoms with van der Waals surface area (Å²) in [6, 6.07) is 7.05. The molecule has 0 atom stereocenters. The number of esters is 3. The fraction of sp³-hybridized carbons (Fsp3) is 0.667. The molecule has 0 aliphatic carbocycles. The van der Waals surface area contributed by atoms with Crippen molar-refractivity contribution in [2.24, 2.45) is 5.92 Å². The van der Waals surface area contributed by atoms with Crippen LogP contribution in [0.15, 0.2) is 24.3 Å². The van der Waals surface area contributed by atoms with Gasteiger partial charge in [0.25, 0.3) is 11.7 Å². The smallest absolute Gasteiger partial charge is 0.366 e. The largest absolute Gasteiger partial charge is 0.464 e. The van der Waals surface area contributed by atoms with E-state index in [1.807, 2.05) is 12.1 Å². The lowest BCUT2D eigenvalue weighted by Crippen LogP contribution is -2.61. The zero-order valence-electron chi connectivity index (χ0n) is 24.9. The molecule has 0 unspecified atom stereocenters. The number of nitrogens with one attached hydrogen (secondary N) is 1. The van der Waals surface area contributed by atoms with Crippen LogP contribution in [0, 0.1) is 5.92 Å². The van der Waals surface area contributed by atoms with Gasteiger partial charge < -0.3 is 29.0 Å². The molecule has 0 aromatic heterocycles. The SMILES string of the molecule is CCOC(=O)C(CCCC[C@H]1CO[C@@](C)(C(=O)OCC)OC1)(NC(=O)c1ccc(C(C)(C)C)cc1)C(=O)OCC. The zero-order valence-corrected chi connectivity index (χ0v) is 24.9. The topological polar surface area (TPSA) is 126 Å². The monoisotopic (exact) mass is 563 g/mol. The minimum Gasteiger partial charge on any atom is -0.464 e. The van der Waals surface area contributed by atoms with Gasteiger partial charge in [0.15, 0.2) is 0 Å². The quantitative estimate of drug-likeness (QED) is 0.163. The molecule has 0 bridgehead atoms. The van der Waals surface area contributed by atoms with Crippen LogP contribution < -0.4 is 5.32 Å². The Kier molecular flexibility index (Phi) is 12.1. The molecular formula is C30H45NO9. The van der Waals surface area contributed by atoms with E-state index in [9.17, 15) is 19.2 Å². The second kappa shape index (κ2) is 14.6. The minimum atomic E-state index is -1.99. The highest BCUT2D eigenvalue weighted by Crippen LogP contribution is 2.28. The number of unbranched alkanes of at least 4 members (excludes halogenated alkanes) is 1. The van der Waals surface area contributed by atoms with Crippen molar-refractivity contribution in [2.45, 2.75) is 90.9 Å². The van der Waals surface area contributed by atoms with E-state index >= 15 is 0 Å². The lowest BCUT2D eigenvalue weighted by Gasteiger charge is -2.35. The van der Waals surface area contributed by atoms with E-state index in [0.29, 0.717) is 38.0 Å². The molecule has 1 saturated heterocycles. The highest BCUT2D eigenvalue weighted by Gasteiger charge is 2.50. The number of carbonyl (C=O) groups excluding carboxylic acids is 4. The molecule has 1 aliphatic heterocycles. The first-order valence-corrected chi connectivity index (χ1v) is 14.1. The van der Waals surface area contributed by atoms with Crippen LogP contribution in [0.4, 0.5) is 0 Å². The van der Waals surface area contributed by atoms with Crippen LogP contribution in [0.5, 0.6) is 0 Å². The Balaban J connectivity index is 2.13. The number of hydrogen-bond acceptors (Lipinski definition) is 9. The van der Waals surface area contributed by atoms with Gasteiger partial charge in [-0.15, -0.1) is 0 Å². The van der Waals surface area contributed by atoms with Crippen molar-refractivity contribution in [3.05, 3.63) is 35.4 Å². The summed E-state index contributed by atoms with van der Waals surface area (Å²) < 4.78 is 26.8. The van der Waals surface area contributed by atoms with Crippen LogP contribution in [0.25, 0.3) is 0 Å². The Bertz CT molecular complexity index is 987. The van der Waals surface area contributed by atoms with Gasteiger partial charge in [-0.2, -0.15) is 0 Å². The first-order chi connectivity index (χ1) is 18.8. The minimum absolute atomic E-state index is 0.00848. The van der Waals surface area contributed by atoms with Gasteiger partial charge in [-0.05, 0) is 63.1 Å². The van der Waals surface area contributed by atoms with Crippen molar-refractivity contribution in [3.63, 3.8) is 0 Å². The van der Waals surface area contributed by atoms with Gasteiger partial charge in [-0.25, -0.2) is 14.4 Å². The maximum absolute atomic E-state index is 13.3. The molecule has 1 aromatic carbocycles. The van der Waals surface area contributed by atoms with Crippen molar-refractivity contribution >= 4 is 23.8 Å². The molecule has 40 heavy (non-hydrogen) atoms. The van der Waals surface area contributed by atoms with E-state index in [0.717, 1.165) is 5.56 Å². The normalized spacial score (nSPS) is 19.4. The van der Waals surface area contributed by atoms with Crippen molar-refractivity contribution < 1.29 is 42.9 Å². The molecule has 10 heteroatoms. The van der Waals surface area contributed by atoms with E-state index in [1.165, 1.54) is 6.92 Å². The Morgan fingerprint density at radius 2 is 1.40 bits per heavy atom. The van der Waals surface area contributed by atoms with Crippen LogP contribution in [-0.2, 0) is 43.5 Å². The molecule has 1 amide bonds. The third-order valence-corrected chi connectivity index (χ3v) is 6.84. The molecular weight excluding hydrogens is 518 g/mol. The van der Waals surface area contributed by atoms with Gasteiger partial charge in [0.05, 0.1) is 33.0 Å². The number of rotatable bonds is 13. The summed E-state index contributed by atoms with van der Waals surface area (Å²) in [5.41, 5.74) is -0.731. The maximum atomic E-state index is 13.3. The van der Waals surface area contributed by atoms with Gasteiger partial charge in [-0.3, -0.25) is 4.79 Å². The summed E-state index contributed by atoms with van der Waals surface area (Å²) in [5, 5.41) is 2.66. The average molecular weight is 564 g/mol. The fourth-order valence-corrected chi connectivity index (χ4v) is 4.36. The van der Waals surface area contributed by atoms with Crippen molar-refractivity contribution in [1.82, 2.24) is 5.32 Å². The van der Waals surface area contributed by atoms with Gasteiger partial charge >= 0.3 is 17.9 Å². The molecule has 1 aromatic rings.